The summed E-state index contributed by atoms with van der Waals surface area (Å²) in [5.74, 6) is -2.51. The lowest BCUT2D eigenvalue weighted by molar-refractivity contribution is -0.149. The predicted octanol–water partition coefficient (Wildman–Crippen LogP) is 3.87. The van der Waals surface area contributed by atoms with Crippen LogP contribution in [0.5, 0.6) is 0 Å². The van der Waals surface area contributed by atoms with Gasteiger partial charge in [-0.05, 0) is 56.2 Å². The van der Waals surface area contributed by atoms with Gasteiger partial charge in [0, 0.05) is 6.54 Å². The smallest absolute Gasteiger partial charge is 0.250 e. The number of carbonyl (C=O) groups is 3. The summed E-state index contributed by atoms with van der Waals surface area (Å²) in [5.41, 5.74) is 0.173. The van der Waals surface area contributed by atoms with Crippen LogP contribution in [0, 0.1) is 18.8 Å². The number of carbonyl (C=O) groups excluding carboxylic acids is 3. The molecule has 5 rings (SSSR count). The largest absolute Gasteiger partial charge is 0.394 e. The summed E-state index contributed by atoms with van der Waals surface area (Å²) in [6.07, 6.45) is 2.71. The van der Waals surface area contributed by atoms with Crippen molar-refractivity contribution in [1.82, 2.24) is 10.2 Å². The van der Waals surface area contributed by atoms with Gasteiger partial charge in [0.2, 0.25) is 17.7 Å². The predicted molar refractivity (Wildman–Crippen MR) is 153 cm³/mol. The molecule has 40 heavy (non-hydrogen) atoms. The van der Waals surface area contributed by atoms with E-state index in [0.29, 0.717) is 42.9 Å². The number of fused-ring (bicyclic) bond motifs is 1. The molecule has 3 aliphatic heterocycles. The van der Waals surface area contributed by atoms with Gasteiger partial charge in [-0.3, -0.25) is 14.4 Å². The summed E-state index contributed by atoms with van der Waals surface area (Å²) in [6, 6.07) is 13.2. The number of nitrogens with zero attached hydrogens (tertiary/aromatic N) is 1. The van der Waals surface area contributed by atoms with Crippen LogP contribution in [-0.4, -0.2) is 64.2 Å². The second kappa shape index (κ2) is 11.1. The Balaban J connectivity index is 1.59. The average Bonchev–Trinajstić information content (AvgIpc) is 3.56. The SMILES string of the molecule is CCCNC(=O)[C@@H]1[C@H]2C(=O)N([C@@H](CO)Cc3ccccc3)C(C(=O)Nc3c(C)cccc3Cl)C23CC[C@@]1(CC)O3. The topological polar surface area (TPSA) is 108 Å². The first-order chi connectivity index (χ1) is 19.2. The van der Waals surface area contributed by atoms with E-state index in [1.165, 1.54) is 4.90 Å². The number of hydrogen-bond acceptors (Lipinski definition) is 5. The van der Waals surface area contributed by atoms with Crippen LogP contribution in [-0.2, 0) is 25.5 Å². The average molecular weight is 568 g/mol. The summed E-state index contributed by atoms with van der Waals surface area (Å²) in [7, 11) is 0. The van der Waals surface area contributed by atoms with Crippen molar-refractivity contribution >= 4 is 35.0 Å². The van der Waals surface area contributed by atoms with Gasteiger partial charge in [-0.1, -0.05) is 67.9 Å². The molecule has 3 aliphatic rings. The molecule has 3 N–H and O–H groups in total. The maximum atomic E-state index is 14.5. The Labute approximate surface area is 240 Å². The maximum Gasteiger partial charge on any atom is 0.250 e. The second-order valence-electron chi connectivity index (χ2n) is 11.3. The molecular weight excluding hydrogens is 530 g/mol. The number of hydrogen-bond donors (Lipinski definition) is 3. The van der Waals surface area contributed by atoms with Crippen LogP contribution >= 0.6 is 11.6 Å². The van der Waals surface area contributed by atoms with Gasteiger partial charge in [0.1, 0.15) is 11.6 Å². The van der Waals surface area contributed by atoms with Gasteiger partial charge in [-0.2, -0.15) is 0 Å². The fourth-order valence-corrected chi connectivity index (χ4v) is 7.49. The van der Waals surface area contributed by atoms with Gasteiger partial charge < -0.3 is 25.4 Å². The van der Waals surface area contributed by atoms with Crippen molar-refractivity contribution in [3.8, 4) is 0 Å². The molecule has 2 aromatic carbocycles. The molecule has 8 nitrogen and oxygen atoms in total. The standard InChI is InChI=1S/C31H38ClN3O5/c1-4-16-33-27(37)23-24-29(39)35(21(18-36)17-20-11-7-6-8-12-20)26(31(24)15-14-30(23,5-2)40-31)28(38)34-25-19(3)10-9-13-22(25)32/h6-13,21,23-24,26,36H,4-5,14-18H2,1-3H3,(H,33,37)(H,34,38)/t21-,23+,24+,26?,30-,31?/m1/s1. The first-order valence-corrected chi connectivity index (χ1v) is 14.6. The van der Waals surface area contributed by atoms with Crippen LogP contribution in [0.4, 0.5) is 5.69 Å². The molecule has 0 aliphatic carbocycles. The number of rotatable bonds is 10. The monoisotopic (exact) mass is 567 g/mol. The number of halogens is 1. The number of aliphatic hydroxyl groups excluding tert-OH is 1. The summed E-state index contributed by atoms with van der Waals surface area (Å²) < 4.78 is 6.81. The number of anilines is 1. The zero-order valence-electron chi connectivity index (χ0n) is 23.3. The number of nitrogens with one attached hydrogen (secondary N) is 2. The van der Waals surface area contributed by atoms with Crippen molar-refractivity contribution in [2.24, 2.45) is 11.8 Å². The molecule has 3 saturated heterocycles. The van der Waals surface area contributed by atoms with Crippen molar-refractivity contribution in [3.05, 3.63) is 64.7 Å². The van der Waals surface area contributed by atoms with Gasteiger partial charge in [-0.15, -0.1) is 0 Å². The molecule has 0 radical (unpaired) electrons. The normalized spacial score (nSPS) is 29.4. The molecule has 3 heterocycles. The molecule has 0 aromatic heterocycles. The van der Waals surface area contributed by atoms with E-state index in [9.17, 15) is 19.5 Å². The minimum absolute atomic E-state index is 0.213. The summed E-state index contributed by atoms with van der Waals surface area (Å²) in [6.45, 7) is 5.95. The summed E-state index contributed by atoms with van der Waals surface area (Å²) in [5, 5.41) is 17.0. The molecule has 214 valence electrons. The van der Waals surface area contributed by atoms with E-state index >= 15 is 0 Å². The van der Waals surface area contributed by atoms with Crippen LogP contribution < -0.4 is 10.6 Å². The number of likely N-dealkylation sites (tertiary alicyclic amines) is 1. The third-order valence-corrected chi connectivity index (χ3v) is 9.40. The third kappa shape index (κ3) is 4.50. The van der Waals surface area contributed by atoms with Crippen molar-refractivity contribution in [1.29, 1.82) is 0 Å². The molecule has 3 amide bonds. The lowest BCUT2D eigenvalue weighted by atomic mass is 9.65. The molecule has 1 spiro atoms. The quantitative estimate of drug-likeness (QED) is 0.404. The Morgan fingerprint density at radius 2 is 1.88 bits per heavy atom. The molecule has 0 saturated carbocycles. The van der Waals surface area contributed by atoms with Gasteiger partial charge >= 0.3 is 0 Å². The fourth-order valence-electron chi connectivity index (χ4n) is 7.22. The summed E-state index contributed by atoms with van der Waals surface area (Å²) >= 11 is 6.47. The van der Waals surface area contributed by atoms with E-state index in [1.54, 1.807) is 12.1 Å². The van der Waals surface area contributed by atoms with Crippen LogP contribution in [0.2, 0.25) is 5.02 Å². The van der Waals surface area contributed by atoms with E-state index in [1.807, 2.05) is 57.2 Å². The highest BCUT2D eigenvalue weighted by Gasteiger charge is 2.79. The lowest BCUT2D eigenvalue weighted by Crippen LogP contribution is -2.57. The molecule has 6 atom stereocenters. The van der Waals surface area contributed by atoms with E-state index in [-0.39, 0.29) is 18.4 Å². The fraction of sp³-hybridized carbons (Fsp3) is 0.516. The van der Waals surface area contributed by atoms with E-state index in [2.05, 4.69) is 10.6 Å². The van der Waals surface area contributed by atoms with Crippen molar-refractivity contribution in [2.45, 2.75) is 76.2 Å². The Morgan fingerprint density at radius 1 is 1.12 bits per heavy atom. The van der Waals surface area contributed by atoms with Gasteiger partial charge in [0.25, 0.3) is 0 Å². The van der Waals surface area contributed by atoms with E-state index < -0.39 is 41.0 Å². The number of ether oxygens (including phenoxy) is 1. The molecule has 2 aromatic rings. The lowest BCUT2D eigenvalue weighted by Gasteiger charge is -2.37. The highest BCUT2D eigenvalue weighted by Crippen LogP contribution is 2.64. The van der Waals surface area contributed by atoms with Gasteiger partial charge in [0.05, 0.1) is 40.8 Å². The number of benzene rings is 2. The Bertz CT molecular complexity index is 1270. The minimum Gasteiger partial charge on any atom is -0.394 e. The zero-order chi connectivity index (χ0) is 28.7. The third-order valence-electron chi connectivity index (χ3n) is 9.09. The van der Waals surface area contributed by atoms with E-state index in [4.69, 9.17) is 16.3 Å². The van der Waals surface area contributed by atoms with Crippen molar-refractivity contribution in [2.75, 3.05) is 18.5 Å². The Hall–Kier alpha value is -2.94. The molecular formula is C31H38ClN3O5. The van der Waals surface area contributed by atoms with Crippen LogP contribution in [0.15, 0.2) is 48.5 Å². The van der Waals surface area contributed by atoms with Crippen molar-refractivity contribution < 1.29 is 24.2 Å². The molecule has 9 heteroatoms. The molecule has 2 bridgehead atoms. The van der Waals surface area contributed by atoms with Gasteiger partial charge in [-0.25, -0.2) is 0 Å². The zero-order valence-corrected chi connectivity index (χ0v) is 24.0. The van der Waals surface area contributed by atoms with Crippen molar-refractivity contribution in [3.63, 3.8) is 0 Å². The van der Waals surface area contributed by atoms with Crippen LogP contribution in [0.25, 0.3) is 0 Å². The highest BCUT2D eigenvalue weighted by molar-refractivity contribution is 6.34. The first-order valence-electron chi connectivity index (χ1n) is 14.2. The highest BCUT2D eigenvalue weighted by atomic mass is 35.5. The second-order valence-corrected chi connectivity index (χ2v) is 11.7. The Kier molecular flexibility index (Phi) is 7.97. The number of para-hydroxylation sites is 1. The maximum absolute atomic E-state index is 14.5. The first kappa shape index (κ1) is 28.6. The van der Waals surface area contributed by atoms with Gasteiger partial charge in [0.15, 0.2) is 0 Å². The molecule has 3 fully saturated rings. The van der Waals surface area contributed by atoms with Crippen LogP contribution in [0.1, 0.15) is 50.7 Å². The number of aryl methyl sites for hydroxylation is 1. The summed E-state index contributed by atoms with van der Waals surface area (Å²) in [4.78, 5) is 43.9. The number of aliphatic hydroxyl groups is 1. The minimum atomic E-state index is -1.19. The molecule has 2 unspecified atom stereocenters. The van der Waals surface area contributed by atoms with Crippen LogP contribution in [0.3, 0.4) is 0 Å². The van der Waals surface area contributed by atoms with E-state index in [0.717, 1.165) is 17.5 Å². The Morgan fingerprint density at radius 3 is 2.52 bits per heavy atom. The number of amides is 3.